The summed E-state index contributed by atoms with van der Waals surface area (Å²) in [7, 11) is 0. The monoisotopic (exact) mass is 282 g/mol. The van der Waals surface area contributed by atoms with E-state index in [4.69, 9.17) is 0 Å². The molecule has 0 radical (unpaired) electrons. The van der Waals surface area contributed by atoms with Crippen LogP contribution in [0.1, 0.15) is 33.6 Å². The Bertz CT molecular complexity index is 428. The fraction of sp³-hybridized carbons (Fsp3) is 0.625. The lowest BCUT2D eigenvalue weighted by atomic mass is 9.96. The van der Waals surface area contributed by atoms with Gasteiger partial charge in [0.25, 0.3) is 0 Å². The number of piperazine rings is 1. The molecule has 1 aromatic carbocycles. The molecule has 0 aliphatic carbocycles. The maximum Gasteiger partial charge on any atom is 0.149 e. The van der Waals surface area contributed by atoms with E-state index in [0.717, 1.165) is 19.4 Å². The third-order valence-electron chi connectivity index (χ3n) is 4.06. The van der Waals surface area contributed by atoms with Crippen LogP contribution in [-0.2, 0) is 0 Å². The van der Waals surface area contributed by atoms with Crippen molar-refractivity contribution in [1.29, 1.82) is 0 Å². The van der Waals surface area contributed by atoms with Gasteiger partial charge in [0.05, 0.1) is 0 Å². The number of benzene rings is 1. The van der Waals surface area contributed by atoms with E-state index in [2.05, 4.69) is 26.1 Å². The molecule has 1 saturated heterocycles. The van der Waals surface area contributed by atoms with Crippen LogP contribution in [0.3, 0.4) is 0 Å². The summed E-state index contributed by atoms with van der Waals surface area (Å²) in [6, 6.07) is 4.52. The summed E-state index contributed by atoms with van der Waals surface area (Å²) >= 11 is 0. The number of anilines is 1. The van der Waals surface area contributed by atoms with Gasteiger partial charge in [0, 0.05) is 25.2 Å². The molecule has 4 heteroatoms. The Balaban J connectivity index is 2.31. The quantitative estimate of drug-likeness (QED) is 0.908. The van der Waals surface area contributed by atoms with Crippen molar-refractivity contribution in [3.63, 3.8) is 0 Å². The lowest BCUT2D eigenvalue weighted by Crippen LogP contribution is -2.58. The maximum atomic E-state index is 14.1. The molecule has 2 rings (SSSR count). The normalized spacial score (nSPS) is 23.4. The highest BCUT2D eigenvalue weighted by Gasteiger charge is 2.32. The molecule has 112 valence electrons. The molecule has 1 aromatic rings. The van der Waals surface area contributed by atoms with Crippen molar-refractivity contribution in [3.8, 4) is 0 Å². The first kappa shape index (κ1) is 15.2. The first-order valence-electron chi connectivity index (χ1n) is 7.48. The second kappa shape index (κ2) is 6.53. The van der Waals surface area contributed by atoms with Crippen LogP contribution < -0.4 is 10.2 Å². The fourth-order valence-electron chi connectivity index (χ4n) is 2.99. The molecule has 1 aliphatic rings. The van der Waals surface area contributed by atoms with Gasteiger partial charge in [0.2, 0.25) is 0 Å². The number of para-hydroxylation sites is 1. The summed E-state index contributed by atoms with van der Waals surface area (Å²) in [6.45, 7) is 7.76. The van der Waals surface area contributed by atoms with Crippen LogP contribution in [0.25, 0.3) is 0 Å². The zero-order valence-corrected chi connectivity index (χ0v) is 12.5. The molecule has 2 unspecified atom stereocenters. The Morgan fingerprint density at radius 3 is 2.50 bits per heavy atom. The Hall–Kier alpha value is -1.16. The number of nitrogens with one attached hydrogen (secondary N) is 1. The van der Waals surface area contributed by atoms with Gasteiger partial charge >= 0.3 is 0 Å². The zero-order valence-electron chi connectivity index (χ0n) is 12.5. The summed E-state index contributed by atoms with van der Waals surface area (Å²) in [5, 5.41) is 3.50. The van der Waals surface area contributed by atoms with E-state index < -0.39 is 11.6 Å². The molecule has 1 N–H and O–H groups in total. The van der Waals surface area contributed by atoms with Crippen molar-refractivity contribution in [3.05, 3.63) is 29.8 Å². The van der Waals surface area contributed by atoms with E-state index in [0.29, 0.717) is 18.5 Å². The van der Waals surface area contributed by atoms with Gasteiger partial charge in [0.15, 0.2) is 0 Å². The standard InChI is InChI=1S/C16H24F2N2/c1-4-6-12-10-20(15(9-19-12)11(2)3)16-13(17)7-5-8-14(16)18/h5,7-8,11-12,15,19H,4,6,9-10H2,1-3H3. The molecule has 0 spiro atoms. The van der Waals surface area contributed by atoms with Crippen molar-refractivity contribution in [1.82, 2.24) is 5.32 Å². The Morgan fingerprint density at radius 2 is 1.95 bits per heavy atom. The summed E-state index contributed by atoms with van der Waals surface area (Å²) in [4.78, 5) is 1.92. The number of hydrogen-bond donors (Lipinski definition) is 1. The highest BCUT2D eigenvalue weighted by Crippen LogP contribution is 2.29. The molecule has 0 saturated carbocycles. The van der Waals surface area contributed by atoms with E-state index in [1.807, 2.05) is 4.90 Å². The van der Waals surface area contributed by atoms with Crippen molar-refractivity contribution in [2.45, 2.75) is 45.7 Å². The van der Waals surface area contributed by atoms with Gasteiger partial charge in [-0.1, -0.05) is 33.3 Å². The van der Waals surface area contributed by atoms with Crippen molar-refractivity contribution < 1.29 is 8.78 Å². The van der Waals surface area contributed by atoms with Crippen molar-refractivity contribution in [2.24, 2.45) is 5.92 Å². The van der Waals surface area contributed by atoms with Crippen LogP contribution in [0, 0.1) is 17.6 Å². The summed E-state index contributed by atoms with van der Waals surface area (Å²) in [5.74, 6) is -0.593. The number of hydrogen-bond acceptors (Lipinski definition) is 2. The van der Waals surface area contributed by atoms with Gasteiger partial charge in [-0.25, -0.2) is 8.78 Å². The minimum absolute atomic E-state index is 0.120. The maximum absolute atomic E-state index is 14.1. The summed E-state index contributed by atoms with van der Waals surface area (Å²) in [5.41, 5.74) is 0.133. The van der Waals surface area contributed by atoms with Crippen LogP contribution in [0.15, 0.2) is 18.2 Å². The summed E-state index contributed by atoms with van der Waals surface area (Å²) in [6.07, 6.45) is 2.09. The molecule has 1 fully saturated rings. The second-order valence-electron chi connectivity index (χ2n) is 5.93. The molecule has 1 heterocycles. The molecule has 0 amide bonds. The fourth-order valence-corrected chi connectivity index (χ4v) is 2.99. The van der Waals surface area contributed by atoms with Crippen LogP contribution in [0.4, 0.5) is 14.5 Å². The van der Waals surface area contributed by atoms with Crippen molar-refractivity contribution >= 4 is 5.69 Å². The van der Waals surface area contributed by atoms with Crippen LogP contribution >= 0.6 is 0 Å². The smallest absolute Gasteiger partial charge is 0.149 e. The van der Waals surface area contributed by atoms with E-state index >= 15 is 0 Å². The minimum Gasteiger partial charge on any atom is -0.361 e. The molecule has 0 aromatic heterocycles. The third-order valence-corrected chi connectivity index (χ3v) is 4.06. The molecule has 2 atom stereocenters. The number of halogens is 2. The number of rotatable bonds is 4. The average molecular weight is 282 g/mol. The van der Waals surface area contributed by atoms with E-state index in [-0.39, 0.29) is 11.7 Å². The minimum atomic E-state index is -0.465. The highest BCUT2D eigenvalue weighted by molar-refractivity contribution is 5.51. The van der Waals surface area contributed by atoms with Crippen molar-refractivity contribution in [2.75, 3.05) is 18.0 Å². The molecule has 20 heavy (non-hydrogen) atoms. The van der Waals surface area contributed by atoms with Gasteiger partial charge in [-0.15, -0.1) is 0 Å². The van der Waals surface area contributed by atoms with Gasteiger partial charge in [-0.3, -0.25) is 0 Å². The van der Waals surface area contributed by atoms with Crippen LogP contribution in [0.2, 0.25) is 0 Å². The first-order valence-corrected chi connectivity index (χ1v) is 7.48. The van der Waals surface area contributed by atoms with Gasteiger partial charge in [-0.05, 0) is 24.5 Å². The topological polar surface area (TPSA) is 15.3 Å². The Morgan fingerprint density at radius 1 is 1.30 bits per heavy atom. The molecule has 1 aliphatic heterocycles. The van der Waals surface area contributed by atoms with E-state index in [9.17, 15) is 8.78 Å². The Kier molecular flexibility index (Phi) is 4.97. The molecule has 0 bridgehead atoms. The van der Waals surface area contributed by atoms with Gasteiger partial charge in [0.1, 0.15) is 17.3 Å². The predicted molar refractivity (Wildman–Crippen MR) is 79.0 cm³/mol. The zero-order chi connectivity index (χ0) is 14.7. The summed E-state index contributed by atoms with van der Waals surface area (Å²) < 4.78 is 28.2. The van der Waals surface area contributed by atoms with E-state index in [1.54, 1.807) is 0 Å². The third kappa shape index (κ3) is 3.11. The van der Waals surface area contributed by atoms with Gasteiger partial charge < -0.3 is 10.2 Å². The SMILES string of the molecule is CCCC1CN(c2c(F)cccc2F)C(C(C)C)CN1. The lowest BCUT2D eigenvalue weighted by molar-refractivity contribution is 0.322. The lowest BCUT2D eigenvalue weighted by Gasteiger charge is -2.44. The molecule has 2 nitrogen and oxygen atoms in total. The number of nitrogens with zero attached hydrogens (tertiary/aromatic N) is 1. The largest absolute Gasteiger partial charge is 0.361 e. The predicted octanol–water partition coefficient (Wildman–Crippen LogP) is 3.57. The average Bonchev–Trinajstić information content (AvgIpc) is 2.39. The first-order chi connectivity index (χ1) is 9.54. The Labute approximate surface area is 120 Å². The van der Waals surface area contributed by atoms with E-state index in [1.165, 1.54) is 18.2 Å². The molecular formula is C16H24F2N2. The molecular weight excluding hydrogens is 258 g/mol. The van der Waals surface area contributed by atoms with Gasteiger partial charge in [-0.2, -0.15) is 0 Å². The van der Waals surface area contributed by atoms with Crippen LogP contribution in [-0.4, -0.2) is 25.2 Å². The van der Waals surface area contributed by atoms with Crippen LogP contribution in [0.5, 0.6) is 0 Å². The highest BCUT2D eigenvalue weighted by atomic mass is 19.1. The second-order valence-corrected chi connectivity index (χ2v) is 5.93.